The van der Waals surface area contributed by atoms with Crippen LogP contribution in [0.15, 0.2) is 0 Å². The molecule has 0 fully saturated rings. The lowest BCUT2D eigenvalue weighted by atomic mass is 10.2. The fourth-order valence-electron chi connectivity index (χ4n) is 0.858. The van der Waals surface area contributed by atoms with Gasteiger partial charge in [-0.05, 0) is 33.2 Å². The van der Waals surface area contributed by atoms with Crippen LogP contribution in [0, 0.1) is 5.92 Å². The van der Waals surface area contributed by atoms with Crippen LogP contribution in [0.1, 0.15) is 34.6 Å². The van der Waals surface area contributed by atoms with E-state index in [1.165, 1.54) is 0 Å². The Morgan fingerprint density at radius 1 is 1.09 bits per heavy atom. The predicted molar refractivity (Wildman–Crippen MR) is 48.5 cm³/mol. The molecule has 2 heteroatoms. The second-order valence-corrected chi connectivity index (χ2v) is 3.63. The SMILES string of the molecule is CC(C)CNC(C)OC(C)C. The summed E-state index contributed by atoms with van der Waals surface area (Å²) in [6, 6.07) is 0. The Bertz CT molecular complexity index is 91.6. The van der Waals surface area contributed by atoms with E-state index in [1.54, 1.807) is 0 Å². The molecule has 2 nitrogen and oxygen atoms in total. The summed E-state index contributed by atoms with van der Waals surface area (Å²) in [6.45, 7) is 11.5. The second kappa shape index (κ2) is 5.56. The predicted octanol–water partition coefficient (Wildman–Crippen LogP) is 2.00. The zero-order valence-electron chi connectivity index (χ0n) is 8.35. The molecule has 0 radical (unpaired) electrons. The van der Waals surface area contributed by atoms with Gasteiger partial charge in [-0.2, -0.15) is 0 Å². The molecule has 1 unspecified atom stereocenters. The van der Waals surface area contributed by atoms with Crippen LogP contribution in [-0.4, -0.2) is 18.9 Å². The van der Waals surface area contributed by atoms with Crippen LogP contribution < -0.4 is 5.32 Å². The lowest BCUT2D eigenvalue weighted by Gasteiger charge is -2.18. The molecule has 0 rings (SSSR count). The fraction of sp³-hybridized carbons (Fsp3) is 1.00. The van der Waals surface area contributed by atoms with Gasteiger partial charge in [0, 0.05) is 0 Å². The van der Waals surface area contributed by atoms with Crippen molar-refractivity contribution >= 4 is 0 Å². The number of hydrogen-bond donors (Lipinski definition) is 1. The van der Waals surface area contributed by atoms with E-state index >= 15 is 0 Å². The smallest absolute Gasteiger partial charge is 0.105 e. The molecule has 0 saturated heterocycles. The first kappa shape index (κ1) is 10.9. The van der Waals surface area contributed by atoms with Crippen LogP contribution in [0.4, 0.5) is 0 Å². The number of hydrogen-bond acceptors (Lipinski definition) is 2. The normalized spacial score (nSPS) is 14.5. The lowest BCUT2D eigenvalue weighted by Crippen LogP contribution is -2.33. The highest BCUT2D eigenvalue weighted by Gasteiger charge is 2.03. The fourth-order valence-corrected chi connectivity index (χ4v) is 0.858. The van der Waals surface area contributed by atoms with E-state index in [2.05, 4.69) is 19.2 Å². The minimum absolute atomic E-state index is 0.178. The molecule has 0 aliphatic carbocycles. The van der Waals surface area contributed by atoms with Crippen molar-refractivity contribution in [2.45, 2.75) is 47.0 Å². The van der Waals surface area contributed by atoms with E-state index in [0.29, 0.717) is 12.0 Å². The summed E-state index contributed by atoms with van der Waals surface area (Å²) >= 11 is 0. The summed E-state index contributed by atoms with van der Waals surface area (Å²) in [4.78, 5) is 0. The average molecular weight is 159 g/mol. The Hall–Kier alpha value is -0.0800. The number of ether oxygens (including phenoxy) is 1. The Morgan fingerprint density at radius 2 is 1.64 bits per heavy atom. The van der Waals surface area contributed by atoms with Gasteiger partial charge in [0.2, 0.25) is 0 Å². The van der Waals surface area contributed by atoms with Crippen LogP contribution in [0.5, 0.6) is 0 Å². The van der Waals surface area contributed by atoms with Crippen molar-refractivity contribution in [1.82, 2.24) is 5.32 Å². The monoisotopic (exact) mass is 159 g/mol. The molecule has 0 aromatic carbocycles. The van der Waals surface area contributed by atoms with Crippen LogP contribution >= 0.6 is 0 Å². The van der Waals surface area contributed by atoms with E-state index < -0.39 is 0 Å². The summed E-state index contributed by atoms with van der Waals surface area (Å²) in [5, 5.41) is 3.29. The van der Waals surface area contributed by atoms with Gasteiger partial charge in [0.05, 0.1) is 6.10 Å². The minimum Gasteiger partial charge on any atom is -0.361 e. The topological polar surface area (TPSA) is 21.3 Å². The van der Waals surface area contributed by atoms with Gasteiger partial charge in [-0.3, -0.25) is 5.32 Å². The molecule has 0 aromatic rings. The van der Waals surface area contributed by atoms with Gasteiger partial charge < -0.3 is 4.74 Å². The molecule has 0 aliphatic rings. The van der Waals surface area contributed by atoms with E-state index in [-0.39, 0.29) is 6.23 Å². The highest BCUT2D eigenvalue weighted by Crippen LogP contribution is 1.95. The summed E-state index contributed by atoms with van der Waals surface area (Å²) in [6.07, 6.45) is 0.488. The van der Waals surface area contributed by atoms with Gasteiger partial charge in [-0.25, -0.2) is 0 Å². The molecule has 0 amide bonds. The molecule has 0 bridgehead atoms. The number of nitrogens with one attached hydrogen (secondary N) is 1. The zero-order valence-corrected chi connectivity index (χ0v) is 8.35. The minimum atomic E-state index is 0.178. The third-order valence-electron chi connectivity index (χ3n) is 1.29. The molecule has 0 aliphatic heterocycles. The Kier molecular flexibility index (Phi) is 5.51. The van der Waals surface area contributed by atoms with Gasteiger partial charge in [0.15, 0.2) is 0 Å². The van der Waals surface area contributed by atoms with Gasteiger partial charge in [0.25, 0.3) is 0 Å². The van der Waals surface area contributed by atoms with Crippen molar-refractivity contribution in [2.75, 3.05) is 6.54 Å². The summed E-state index contributed by atoms with van der Waals surface area (Å²) in [7, 11) is 0. The largest absolute Gasteiger partial charge is 0.361 e. The zero-order chi connectivity index (χ0) is 8.85. The maximum Gasteiger partial charge on any atom is 0.105 e. The van der Waals surface area contributed by atoms with E-state index in [1.807, 2.05) is 20.8 Å². The summed E-state index contributed by atoms with van der Waals surface area (Å²) < 4.78 is 5.49. The van der Waals surface area contributed by atoms with Gasteiger partial charge in [0.1, 0.15) is 6.23 Å². The van der Waals surface area contributed by atoms with Crippen molar-refractivity contribution in [3.8, 4) is 0 Å². The quantitative estimate of drug-likeness (QED) is 0.619. The summed E-state index contributed by atoms with van der Waals surface area (Å²) in [5.41, 5.74) is 0. The Labute approximate surface area is 70.3 Å². The van der Waals surface area contributed by atoms with Crippen molar-refractivity contribution < 1.29 is 4.74 Å². The maximum absolute atomic E-state index is 5.49. The van der Waals surface area contributed by atoms with Crippen molar-refractivity contribution in [2.24, 2.45) is 5.92 Å². The molecule has 0 spiro atoms. The summed E-state index contributed by atoms with van der Waals surface area (Å²) in [5.74, 6) is 0.688. The van der Waals surface area contributed by atoms with Crippen molar-refractivity contribution in [3.05, 3.63) is 0 Å². The molecular formula is C9H21NO. The van der Waals surface area contributed by atoms with Crippen LogP contribution in [0.25, 0.3) is 0 Å². The molecule has 1 atom stereocenters. The van der Waals surface area contributed by atoms with E-state index in [9.17, 15) is 0 Å². The van der Waals surface area contributed by atoms with E-state index in [4.69, 9.17) is 4.74 Å². The molecule has 1 N–H and O–H groups in total. The lowest BCUT2D eigenvalue weighted by molar-refractivity contribution is -0.00186. The van der Waals surface area contributed by atoms with Crippen LogP contribution in [0.3, 0.4) is 0 Å². The van der Waals surface area contributed by atoms with Gasteiger partial charge in [-0.1, -0.05) is 13.8 Å². The van der Waals surface area contributed by atoms with Gasteiger partial charge in [-0.15, -0.1) is 0 Å². The molecule has 68 valence electrons. The highest BCUT2D eigenvalue weighted by molar-refractivity contribution is 4.53. The Balaban J connectivity index is 3.29. The maximum atomic E-state index is 5.49. The third kappa shape index (κ3) is 7.82. The van der Waals surface area contributed by atoms with Crippen LogP contribution in [0.2, 0.25) is 0 Å². The van der Waals surface area contributed by atoms with Crippen LogP contribution in [-0.2, 0) is 4.74 Å². The van der Waals surface area contributed by atoms with Crippen molar-refractivity contribution in [1.29, 1.82) is 0 Å². The molecule has 0 saturated carbocycles. The van der Waals surface area contributed by atoms with Crippen molar-refractivity contribution in [3.63, 3.8) is 0 Å². The first-order valence-corrected chi connectivity index (χ1v) is 4.41. The Morgan fingerprint density at radius 3 is 2.00 bits per heavy atom. The molecule has 11 heavy (non-hydrogen) atoms. The number of rotatable bonds is 5. The van der Waals surface area contributed by atoms with E-state index in [0.717, 1.165) is 6.54 Å². The van der Waals surface area contributed by atoms with Gasteiger partial charge >= 0.3 is 0 Å². The first-order valence-electron chi connectivity index (χ1n) is 4.41. The highest BCUT2D eigenvalue weighted by atomic mass is 16.5. The molecular weight excluding hydrogens is 138 g/mol. The second-order valence-electron chi connectivity index (χ2n) is 3.63. The average Bonchev–Trinajstić information content (AvgIpc) is 1.82. The molecule has 0 aromatic heterocycles. The molecule has 0 heterocycles. The standard InChI is InChI=1S/C9H21NO/c1-7(2)6-10-9(5)11-8(3)4/h7-10H,6H2,1-5H3. The first-order chi connectivity index (χ1) is 5.02. The third-order valence-corrected chi connectivity index (χ3v) is 1.29.